The topological polar surface area (TPSA) is 75.9 Å². The minimum atomic E-state index is 0. The van der Waals surface area contributed by atoms with E-state index in [1.807, 2.05) is 25.6 Å². The minimum Gasteiger partial charge on any atom is -0.497 e. The number of nitrogens with one attached hydrogen (secondary N) is 2. The van der Waals surface area contributed by atoms with Crippen LogP contribution in [0.2, 0.25) is 0 Å². The number of hydrogen-bond donors (Lipinski definition) is 2. The maximum Gasteiger partial charge on any atom is 0.191 e. The molecule has 1 aliphatic heterocycles. The summed E-state index contributed by atoms with van der Waals surface area (Å²) >= 11 is 0. The fourth-order valence-corrected chi connectivity index (χ4v) is 3.59. The second kappa shape index (κ2) is 12.6. The average molecular weight is 528 g/mol. The van der Waals surface area contributed by atoms with Crippen LogP contribution in [0.3, 0.4) is 0 Å². The molecule has 1 unspecified atom stereocenters. The second-order valence-electron chi connectivity index (χ2n) is 7.24. The Morgan fingerprint density at radius 2 is 2.00 bits per heavy atom. The smallest absolute Gasteiger partial charge is 0.191 e. The first-order valence-corrected chi connectivity index (χ1v) is 10.1. The van der Waals surface area contributed by atoms with Gasteiger partial charge in [0.1, 0.15) is 11.5 Å². The van der Waals surface area contributed by atoms with E-state index in [-0.39, 0.29) is 24.0 Å². The number of likely N-dealkylation sites (tertiary alicyclic amines) is 1. The minimum absolute atomic E-state index is 0. The van der Waals surface area contributed by atoms with Crippen molar-refractivity contribution in [3.8, 4) is 11.5 Å². The summed E-state index contributed by atoms with van der Waals surface area (Å²) < 4.78 is 12.8. The summed E-state index contributed by atoms with van der Waals surface area (Å²) in [5.41, 5.74) is 1.20. The molecule has 166 valence electrons. The number of aromatic nitrogens is 2. The SMILES string of the molecule is CN=C(NCCCn1ccnc1)NC1CCN(Cc2cc(OC)cc(OC)c2)C1.I. The zero-order valence-electron chi connectivity index (χ0n) is 18.0. The normalized spacial score (nSPS) is 16.8. The fourth-order valence-electron chi connectivity index (χ4n) is 3.59. The van der Waals surface area contributed by atoms with E-state index < -0.39 is 0 Å². The van der Waals surface area contributed by atoms with Crippen molar-refractivity contribution in [2.24, 2.45) is 4.99 Å². The molecule has 2 aromatic rings. The number of hydrogen-bond acceptors (Lipinski definition) is 5. The molecule has 0 aliphatic carbocycles. The van der Waals surface area contributed by atoms with Crippen LogP contribution >= 0.6 is 24.0 Å². The fraction of sp³-hybridized carbons (Fsp3) is 0.524. The summed E-state index contributed by atoms with van der Waals surface area (Å²) in [5, 5.41) is 6.96. The molecule has 0 radical (unpaired) electrons. The highest BCUT2D eigenvalue weighted by molar-refractivity contribution is 14.0. The van der Waals surface area contributed by atoms with Crippen molar-refractivity contribution in [1.29, 1.82) is 0 Å². The van der Waals surface area contributed by atoms with Gasteiger partial charge in [-0.25, -0.2) is 4.98 Å². The Kier molecular flexibility index (Phi) is 10.2. The lowest BCUT2D eigenvalue weighted by atomic mass is 10.2. The molecular weight excluding hydrogens is 495 g/mol. The molecule has 0 bridgehead atoms. The highest BCUT2D eigenvalue weighted by Crippen LogP contribution is 2.24. The van der Waals surface area contributed by atoms with Gasteiger partial charge < -0.3 is 24.7 Å². The van der Waals surface area contributed by atoms with E-state index >= 15 is 0 Å². The molecule has 0 amide bonds. The predicted octanol–water partition coefficient (Wildman–Crippen LogP) is 2.35. The Morgan fingerprint density at radius 1 is 1.23 bits per heavy atom. The predicted molar refractivity (Wildman–Crippen MR) is 130 cm³/mol. The number of benzene rings is 1. The van der Waals surface area contributed by atoms with E-state index in [2.05, 4.69) is 42.2 Å². The number of ether oxygens (including phenoxy) is 2. The molecule has 8 nitrogen and oxygen atoms in total. The lowest BCUT2D eigenvalue weighted by Crippen LogP contribution is -2.44. The Morgan fingerprint density at radius 3 is 2.63 bits per heavy atom. The first kappa shape index (κ1) is 24.3. The molecule has 1 aliphatic rings. The Hall–Kier alpha value is -2.01. The highest BCUT2D eigenvalue weighted by atomic mass is 127. The molecule has 1 fully saturated rings. The van der Waals surface area contributed by atoms with Gasteiger partial charge in [0.05, 0.1) is 20.5 Å². The lowest BCUT2D eigenvalue weighted by molar-refractivity contribution is 0.321. The summed E-state index contributed by atoms with van der Waals surface area (Å²) in [7, 11) is 5.19. The van der Waals surface area contributed by atoms with Crippen molar-refractivity contribution in [2.75, 3.05) is 40.9 Å². The van der Waals surface area contributed by atoms with Crippen LogP contribution in [-0.4, -0.2) is 67.4 Å². The molecule has 1 saturated heterocycles. The van der Waals surface area contributed by atoms with E-state index in [1.54, 1.807) is 20.4 Å². The van der Waals surface area contributed by atoms with Gasteiger partial charge >= 0.3 is 0 Å². The monoisotopic (exact) mass is 528 g/mol. The average Bonchev–Trinajstić information content (AvgIpc) is 3.42. The van der Waals surface area contributed by atoms with Crippen molar-refractivity contribution < 1.29 is 9.47 Å². The van der Waals surface area contributed by atoms with Crippen molar-refractivity contribution in [1.82, 2.24) is 25.1 Å². The molecular formula is C21H33IN6O2. The lowest BCUT2D eigenvalue weighted by Gasteiger charge is -2.19. The first-order valence-electron chi connectivity index (χ1n) is 10.1. The van der Waals surface area contributed by atoms with E-state index in [0.717, 1.165) is 63.0 Å². The Labute approximate surface area is 196 Å². The zero-order valence-corrected chi connectivity index (χ0v) is 20.3. The molecule has 1 atom stereocenters. The summed E-state index contributed by atoms with van der Waals surface area (Å²) in [6.07, 6.45) is 7.75. The quantitative estimate of drug-likeness (QED) is 0.225. The number of methoxy groups -OCH3 is 2. The molecule has 9 heteroatoms. The second-order valence-corrected chi connectivity index (χ2v) is 7.24. The maximum atomic E-state index is 5.38. The molecule has 1 aromatic carbocycles. The van der Waals surface area contributed by atoms with Gasteiger partial charge in [0.15, 0.2) is 5.96 Å². The standard InChI is InChI=1S/C21H32N6O2.HI/c1-22-21(24-6-4-8-26-10-7-23-16-26)25-18-5-9-27(15-18)14-17-11-19(28-2)13-20(12-17)29-3;/h7,10-13,16,18H,4-6,8-9,14-15H2,1-3H3,(H2,22,24,25);1H. The van der Waals surface area contributed by atoms with Crippen LogP contribution in [0.15, 0.2) is 41.9 Å². The van der Waals surface area contributed by atoms with Gasteiger partial charge in [0, 0.05) is 64.3 Å². The number of aliphatic imine (C=N–C) groups is 1. The van der Waals surface area contributed by atoms with Gasteiger partial charge in [-0.3, -0.25) is 9.89 Å². The van der Waals surface area contributed by atoms with Gasteiger partial charge in [-0.05, 0) is 30.5 Å². The summed E-state index contributed by atoms with van der Waals surface area (Å²) in [4.78, 5) is 10.9. The number of halogens is 1. The zero-order chi connectivity index (χ0) is 20.5. The molecule has 1 aromatic heterocycles. The van der Waals surface area contributed by atoms with Crippen LogP contribution in [-0.2, 0) is 13.1 Å². The molecule has 2 heterocycles. The van der Waals surface area contributed by atoms with Gasteiger partial charge in [-0.15, -0.1) is 24.0 Å². The van der Waals surface area contributed by atoms with Gasteiger partial charge in [-0.2, -0.15) is 0 Å². The van der Waals surface area contributed by atoms with E-state index in [9.17, 15) is 0 Å². The van der Waals surface area contributed by atoms with Crippen molar-refractivity contribution in [3.05, 3.63) is 42.5 Å². The first-order chi connectivity index (χ1) is 14.2. The van der Waals surface area contributed by atoms with Crippen molar-refractivity contribution in [2.45, 2.75) is 32.0 Å². The summed E-state index contributed by atoms with van der Waals surface area (Å²) in [5.74, 6) is 2.52. The van der Waals surface area contributed by atoms with Crippen molar-refractivity contribution in [3.63, 3.8) is 0 Å². The van der Waals surface area contributed by atoms with Gasteiger partial charge in [0.2, 0.25) is 0 Å². The van der Waals surface area contributed by atoms with Crippen LogP contribution in [0.4, 0.5) is 0 Å². The summed E-state index contributed by atoms with van der Waals surface area (Å²) in [6, 6.07) is 6.44. The molecule has 0 spiro atoms. The Bertz CT molecular complexity index is 762. The van der Waals surface area contributed by atoms with Crippen molar-refractivity contribution >= 4 is 29.9 Å². The third-order valence-corrected chi connectivity index (χ3v) is 5.10. The number of rotatable bonds is 9. The van der Waals surface area contributed by atoms with Gasteiger partial charge in [-0.1, -0.05) is 0 Å². The maximum absolute atomic E-state index is 5.38. The van der Waals surface area contributed by atoms with E-state index in [1.165, 1.54) is 5.56 Å². The number of aryl methyl sites for hydroxylation is 1. The van der Waals surface area contributed by atoms with Gasteiger partial charge in [0.25, 0.3) is 0 Å². The summed E-state index contributed by atoms with van der Waals surface area (Å²) in [6.45, 7) is 4.73. The molecule has 0 saturated carbocycles. The van der Waals surface area contributed by atoms with Crippen LogP contribution in [0, 0.1) is 0 Å². The molecule has 2 N–H and O–H groups in total. The number of nitrogens with zero attached hydrogens (tertiary/aromatic N) is 4. The third kappa shape index (κ3) is 7.35. The van der Waals surface area contributed by atoms with Crippen LogP contribution in [0.1, 0.15) is 18.4 Å². The van der Waals surface area contributed by atoms with E-state index in [0.29, 0.717) is 6.04 Å². The largest absolute Gasteiger partial charge is 0.497 e. The molecule has 3 rings (SSSR count). The van der Waals surface area contributed by atoms with Crippen LogP contribution in [0.5, 0.6) is 11.5 Å². The molecule has 30 heavy (non-hydrogen) atoms. The number of guanidine groups is 1. The van der Waals surface area contributed by atoms with Crippen LogP contribution in [0.25, 0.3) is 0 Å². The highest BCUT2D eigenvalue weighted by Gasteiger charge is 2.23. The third-order valence-electron chi connectivity index (χ3n) is 5.10. The Balaban J connectivity index is 0.00000320. The number of imidazole rings is 1. The van der Waals surface area contributed by atoms with Crippen LogP contribution < -0.4 is 20.1 Å². The van der Waals surface area contributed by atoms with E-state index in [4.69, 9.17) is 9.47 Å².